The molecule has 208 valence electrons. The van der Waals surface area contributed by atoms with Crippen LogP contribution in [0, 0.1) is 5.92 Å². The monoisotopic (exact) mass is 632 g/mol. The molecule has 2 fully saturated rings. The van der Waals surface area contributed by atoms with Crippen LogP contribution in [0.1, 0.15) is 68.9 Å². The van der Waals surface area contributed by atoms with Gasteiger partial charge in [0, 0.05) is 34.6 Å². The van der Waals surface area contributed by atoms with E-state index in [9.17, 15) is 8.42 Å². The molecule has 2 atom stereocenters. The van der Waals surface area contributed by atoms with Gasteiger partial charge in [-0.15, -0.1) is 11.3 Å². The Balaban J connectivity index is 1.55. The zero-order valence-corrected chi connectivity index (χ0v) is 25.4. The fourth-order valence-corrected chi connectivity index (χ4v) is 10.2. The molecule has 0 saturated heterocycles. The quantitative estimate of drug-likeness (QED) is 0.257. The maximum atomic E-state index is 13.5. The topological polar surface area (TPSA) is 71.1 Å². The summed E-state index contributed by atoms with van der Waals surface area (Å²) in [5.74, 6) is 2.57. The Morgan fingerprint density at radius 2 is 1.56 bits per heavy atom. The number of hydrogen-bond donors (Lipinski definition) is 0. The Morgan fingerprint density at radius 3 is 2.26 bits per heavy atom. The van der Waals surface area contributed by atoms with Gasteiger partial charge < -0.3 is 18.4 Å². The van der Waals surface area contributed by atoms with Crippen molar-refractivity contribution in [1.29, 1.82) is 0 Å². The molecule has 3 aromatic rings. The van der Waals surface area contributed by atoms with Gasteiger partial charge in [0.1, 0.15) is 22.8 Å². The first-order valence-corrected chi connectivity index (χ1v) is 16.6. The van der Waals surface area contributed by atoms with Crippen LogP contribution < -0.4 is 18.4 Å². The van der Waals surface area contributed by atoms with Gasteiger partial charge in [0.25, 0.3) is 0 Å². The second kappa shape index (κ2) is 10.3. The Kier molecular flexibility index (Phi) is 7.13. The van der Waals surface area contributed by atoms with Crippen molar-refractivity contribution in [3.05, 3.63) is 63.4 Å². The highest BCUT2D eigenvalue weighted by molar-refractivity contribution is 9.11. The van der Waals surface area contributed by atoms with Gasteiger partial charge in [0.2, 0.25) is 0 Å². The Bertz CT molecular complexity index is 1480. The van der Waals surface area contributed by atoms with E-state index in [-0.39, 0.29) is 21.3 Å². The van der Waals surface area contributed by atoms with Gasteiger partial charge in [-0.1, -0.05) is 31.7 Å². The van der Waals surface area contributed by atoms with E-state index in [1.54, 1.807) is 32.4 Å². The van der Waals surface area contributed by atoms with Crippen LogP contribution in [0.15, 0.2) is 56.5 Å². The van der Waals surface area contributed by atoms with Gasteiger partial charge in [0.05, 0.1) is 18.0 Å². The highest BCUT2D eigenvalue weighted by Gasteiger charge is 2.60. The van der Waals surface area contributed by atoms with Crippen molar-refractivity contribution in [2.24, 2.45) is 5.92 Å². The molecule has 2 aromatic carbocycles. The summed E-state index contributed by atoms with van der Waals surface area (Å²) in [6.07, 6.45) is 9.67. The van der Waals surface area contributed by atoms with Crippen molar-refractivity contribution in [2.45, 2.75) is 73.0 Å². The van der Waals surface area contributed by atoms with Crippen LogP contribution in [0.25, 0.3) is 0 Å². The normalized spacial score (nSPS) is 23.8. The molecule has 39 heavy (non-hydrogen) atoms. The zero-order valence-electron chi connectivity index (χ0n) is 22.2. The van der Waals surface area contributed by atoms with Crippen LogP contribution in [-0.4, -0.2) is 22.6 Å². The number of thiophene rings is 1. The predicted molar refractivity (Wildman–Crippen MR) is 155 cm³/mol. The summed E-state index contributed by atoms with van der Waals surface area (Å²) in [6, 6.07) is 15.0. The number of halogens is 1. The average molecular weight is 634 g/mol. The minimum Gasteiger partial charge on any atom is -0.497 e. The Labute approximate surface area is 242 Å². The van der Waals surface area contributed by atoms with Crippen molar-refractivity contribution in [3.8, 4) is 23.0 Å². The number of benzene rings is 2. The summed E-state index contributed by atoms with van der Waals surface area (Å²) in [4.78, 5) is 0. The molecule has 0 N–H and O–H groups in total. The van der Waals surface area contributed by atoms with E-state index in [1.165, 1.54) is 24.8 Å². The Hall–Kier alpha value is -2.23. The van der Waals surface area contributed by atoms with E-state index in [2.05, 4.69) is 22.0 Å². The summed E-state index contributed by atoms with van der Waals surface area (Å²) in [5, 5.41) is 0. The van der Waals surface area contributed by atoms with Crippen LogP contribution in [0.5, 0.6) is 23.0 Å². The minimum atomic E-state index is -4.07. The van der Waals surface area contributed by atoms with Gasteiger partial charge in [-0.3, -0.25) is 0 Å². The highest BCUT2D eigenvalue weighted by Crippen LogP contribution is 2.64. The number of ether oxygens (including phenoxy) is 3. The van der Waals surface area contributed by atoms with Crippen LogP contribution in [0.3, 0.4) is 0 Å². The fraction of sp³-hybridized carbons (Fsp3) is 0.467. The second-order valence-electron chi connectivity index (χ2n) is 10.8. The summed E-state index contributed by atoms with van der Waals surface area (Å²) >= 11 is 4.50. The molecule has 1 aromatic heterocycles. The van der Waals surface area contributed by atoms with Crippen molar-refractivity contribution in [3.63, 3.8) is 0 Å². The number of methoxy groups -OCH3 is 2. The minimum absolute atomic E-state index is 0.0484. The molecule has 2 aliphatic carbocycles. The molecule has 6 rings (SSSR count). The maximum absolute atomic E-state index is 13.5. The van der Waals surface area contributed by atoms with Crippen molar-refractivity contribution in [2.75, 3.05) is 14.2 Å². The van der Waals surface area contributed by atoms with E-state index in [0.717, 1.165) is 70.7 Å². The van der Waals surface area contributed by atoms with Crippen molar-refractivity contribution < 1.29 is 26.8 Å². The smallest absolute Gasteiger partial charge is 0.348 e. The summed E-state index contributed by atoms with van der Waals surface area (Å²) in [7, 11) is -0.826. The lowest BCUT2D eigenvalue weighted by Crippen LogP contribution is -2.57. The lowest BCUT2D eigenvalue weighted by Gasteiger charge is -2.58. The zero-order chi connectivity index (χ0) is 27.3. The molecule has 0 radical (unpaired) electrons. The molecular formula is C30H33BrO6S2. The number of fused-ring (bicyclic) bond motifs is 4. The number of hydrogen-bond acceptors (Lipinski definition) is 7. The van der Waals surface area contributed by atoms with Gasteiger partial charge in [-0.2, -0.15) is 8.42 Å². The molecule has 3 aliphatic rings. The van der Waals surface area contributed by atoms with E-state index in [4.69, 9.17) is 18.4 Å². The summed E-state index contributed by atoms with van der Waals surface area (Å²) in [5.41, 5.74) is 1.25. The molecule has 1 spiro atoms. The lowest BCUT2D eigenvalue weighted by molar-refractivity contribution is -0.0956. The van der Waals surface area contributed by atoms with Crippen LogP contribution >= 0.6 is 27.3 Å². The van der Waals surface area contributed by atoms with E-state index >= 15 is 0 Å². The molecule has 2 unspecified atom stereocenters. The third-order valence-electron chi connectivity index (χ3n) is 8.92. The van der Waals surface area contributed by atoms with Crippen LogP contribution in [-0.2, 0) is 21.1 Å². The summed E-state index contributed by atoms with van der Waals surface area (Å²) in [6.45, 7) is 0. The van der Waals surface area contributed by atoms with E-state index in [0.29, 0.717) is 5.75 Å². The molecule has 2 heterocycles. The van der Waals surface area contributed by atoms with Gasteiger partial charge in [0.15, 0.2) is 9.96 Å². The largest absolute Gasteiger partial charge is 0.497 e. The van der Waals surface area contributed by atoms with Crippen LogP contribution in [0.4, 0.5) is 0 Å². The number of rotatable bonds is 6. The molecule has 2 saturated carbocycles. The third kappa shape index (κ3) is 4.54. The molecule has 9 heteroatoms. The van der Waals surface area contributed by atoms with Gasteiger partial charge in [-0.25, -0.2) is 0 Å². The third-order valence-corrected chi connectivity index (χ3v) is 12.2. The molecule has 0 amide bonds. The lowest BCUT2D eigenvalue weighted by atomic mass is 9.51. The SMILES string of the molecule is COc1ccc2c(c1)OC1(c3ccc(OC)cc3OS(=O)(=O)c3ccc(Br)s3)CCCCC1C21CCCCC1. The molecule has 6 nitrogen and oxygen atoms in total. The Morgan fingerprint density at radius 1 is 0.872 bits per heavy atom. The van der Waals surface area contributed by atoms with Crippen molar-refractivity contribution >= 4 is 37.4 Å². The average Bonchev–Trinajstić information content (AvgIpc) is 3.40. The maximum Gasteiger partial charge on any atom is 0.348 e. The highest BCUT2D eigenvalue weighted by atomic mass is 79.9. The molecule has 1 aliphatic heterocycles. The summed E-state index contributed by atoms with van der Waals surface area (Å²) < 4.78 is 52.0. The first-order chi connectivity index (χ1) is 18.8. The van der Waals surface area contributed by atoms with Crippen molar-refractivity contribution in [1.82, 2.24) is 0 Å². The standard InChI is InChI=1S/C30H33BrO6S2/c1-34-20-9-11-22-24(18-20)36-30(17-7-4-8-26(30)29(22)15-5-3-6-16-29)23-12-10-21(35-2)19-25(23)37-39(32,33)28-14-13-27(31)38-28/h9-14,18-19,26H,3-8,15-17H2,1-2H3. The van der Waals surface area contributed by atoms with Gasteiger partial charge >= 0.3 is 10.1 Å². The van der Waals surface area contributed by atoms with E-state index < -0.39 is 15.7 Å². The molecule has 0 bridgehead atoms. The van der Waals surface area contributed by atoms with Gasteiger partial charge in [-0.05, 0) is 78.4 Å². The van der Waals surface area contributed by atoms with Crippen LogP contribution in [0.2, 0.25) is 0 Å². The predicted octanol–water partition coefficient (Wildman–Crippen LogP) is 7.98. The second-order valence-corrected chi connectivity index (χ2v) is 15.1. The first-order valence-electron chi connectivity index (χ1n) is 13.6. The first kappa shape index (κ1) is 27.0. The molecular weight excluding hydrogens is 600 g/mol. The van der Waals surface area contributed by atoms with E-state index in [1.807, 2.05) is 24.3 Å². The fourth-order valence-electron chi connectivity index (χ4n) is 7.31.